The minimum Gasteiger partial charge on any atom is -0.118 e. The van der Waals surface area contributed by atoms with Gasteiger partial charge < -0.3 is 0 Å². The molecule has 0 spiro atoms. The van der Waals surface area contributed by atoms with Gasteiger partial charge in [-0.25, -0.2) is 0 Å². The molecule has 0 bridgehead atoms. The molecule has 0 saturated heterocycles. The van der Waals surface area contributed by atoms with Gasteiger partial charge in [0.05, 0.1) is 5.38 Å². The minimum atomic E-state index is 0.131. The second-order valence-electron chi connectivity index (χ2n) is 1.90. The summed E-state index contributed by atoms with van der Waals surface area (Å²) in [6.45, 7) is 9.95. The van der Waals surface area contributed by atoms with Gasteiger partial charge in [-0.3, -0.25) is 0 Å². The van der Waals surface area contributed by atoms with Crippen molar-refractivity contribution in [2.75, 3.05) is 0 Å². The predicted molar refractivity (Wildman–Crippen MR) is 55.2 cm³/mol. The minimum absolute atomic E-state index is 0.131. The van der Waals surface area contributed by atoms with E-state index in [2.05, 4.69) is 0 Å². The Hall–Kier alpha value is -0.230. The van der Waals surface area contributed by atoms with Crippen molar-refractivity contribution in [2.24, 2.45) is 0 Å². The van der Waals surface area contributed by atoms with E-state index >= 15 is 0 Å². The monoisotopic (exact) mass is 174 g/mol. The summed E-state index contributed by atoms with van der Waals surface area (Å²) in [5.41, 5.74) is 1.18. The van der Waals surface area contributed by atoms with E-state index < -0.39 is 0 Å². The molecule has 1 heteroatoms. The van der Waals surface area contributed by atoms with E-state index in [4.69, 9.17) is 11.6 Å². The molecule has 0 aliphatic rings. The van der Waals surface area contributed by atoms with Crippen LogP contribution in [-0.2, 0) is 0 Å². The summed E-state index contributed by atoms with van der Waals surface area (Å²) in [7, 11) is 0. The lowest BCUT2D eigenvalue weighted by Crippen LogP contribution is -1.92. The number of halogens is 1. The fraction of sp³-hybridized carbons (Fsp3) is 0.600. The molecule has 0 amide bonds. The summed E-state index contributed by atoms with van der Waals surface area (Å²) < 4.78 is 0. The second-order valence-corrected chi connectivity index (χ2v) is 2.56. The second kappa shape index (κ2) is 9.77. The maximum atomic E-state index is 5.80. The van der Waals surface area contributed by atoms with Crippen molar-refractivity contribution >= 4 is 11.6 Å². The Balaban J connectivity index is 0. The lowest BCUT2D eigenvalue weighted by Gasteiger charge is -2.00. The van der Waals surface area contributed by atoms with Crippen molar-refractivity contribution in [1.29, 1.82) is 0 Å². The van der Waals surface area contributed by atoms with Gasteiger partial charge in [0.2, 0.25) is 0 Å². The van der Waals surface area contributed by atoms with E-state index in [1.165, 1.54) is 5.57 Å². The molecule has 0 fully saturated rings. The smallest absolute Gasteiger partial charge is 0.0553 e. The Bertz CT molecular complexity index is 121. The van der Waals surface area contributed by atoms with Crippen molar-refractivity contribution in [3.63, 3.8) is 0 Å². The fourth-order valence-electron chi connectivity index (χ4n) is 0.651. The van der Waals surface area contributed by atoms with E-state index in [1.54, 1.807) is 0 Å². The number of rotatable bonds is 2. The van der Waals surface area contributed by atoms with E-state index in [0.717, 1.165) is 0 Å². The zero-order chi connectivity index (χ0) is 9.28. The zero-order valence-corrected chi connectivity index (χ0v) is 8.94. The number of allylic oxidation sites excluding steroid dienone is 4. The molecule has 0 heterocycles. The first-order valence-corrected chi connectivity index (χ1v) is 4.59. The number of hydrogen-bond acceptors (Lipinski definition) is 0. The lowest BCUT2D eigenvalue weighted by atomic mass is 10.2. The highest BCUT2D eigenvalue weighted by Crippen LogP contribution is 2.09. The molecular weight excluding hydrogens is 156 g/mol. The molecule has 1 unspecified atom stereocenters. The van der Waals surface area contributed by atoms with E-state index in [0.29, 0.717) is 0 Å². The first-order valence-electron chi connectivity index (χ1n) is 4.15. The SMILES string of the molecule is C/C=C\C(=C/C)C(C)Cl.CC. The fourth-order valence-corrected chi connectivity index (χ4v) is 0.850. The lowest BCUT2D eigenvalue weighted by molar-refractivity contribution is 1.15. The van der Waals surface area contributed by atoms with Crippen LogP contribution >= 0.6 is 11.6 Å². The molecule has 11 heavy (non-hydrogen) atoms. The van der Waals surface area contributed by atoms with Crippen LogP contribution in [0.5, 0.6) is 0 Å². The average molecular weight is 175 g/mol. The van der Waals surface area contributed by atoms with E-state index in [1.807, 2.05) is 52.8 Å². The average Bonchev–Trinajstić information content (AvgIpc) is 2.03. The molecular formula is C10H19Cl. The van der Waals surface area contributed by atoms with Crippen molar-refractivity contribution < 1.29 is 0 Å². The van der Waals surface area contributed by atoms with Crippen LogP contribution < -0.4 is 0 Å². The summed E-state index contributed by atoms with van der Waals surface area (Å²) in [5, 5.41) is 0.131. The quantitative estimate of drug-likeness (QED) is 0.436. The molecule has 0 N–H and O–H groups in total. The van der Waals surface area contributed by atoms with Crippen molar-refractivity contribution in [1.82, 2.24) is 0 Å². The maximum Gasteiger partial charge on any atom is 0.0553 e. The van der Waals surface area contributed by atoms with Crippen LogP contribution in [0.1, 0.15) is 34.6 Å². The Morgan fingerprint density at radius 1 is 1.27 bits per heavy atom. The number of alkyl halides is 1. The van der Waals surface area contributed by atoms with Crippen LogP contribution in [0.2, 0.25) is 0 Å². The van der Waals surface area contributed by atoms with Gasteiger partial charge in [0.1, 0.15) is 0 Å². The maximum absolute atomic E-state index is 5.80. The molecule has 0 nitrogen and oxygen atoms in total. The van der Waals surface area contributed by atoms with Crippen LogP contribution in [0.4, 0.5) is 0 Å². The molecule has 0 aliphatic heterocycles. The molecule has 0 aliphatic carbocycles. The summed E-state index contributed by atoms with van der Waals surface area (Å²) in [5.74, 6) is 0. The third-order valence-corrected chi connectivity index (χ3v) is 1.40. The van der Waals surface area contributed by atoms with Crippen LogP contribution in [0.15, 0.2) is 23.8 Å². The summed E-state index contributed by atoms with van der Waals surface area (Å²) >= 11 is 5.80. The third kappa shape index (κ3) is 7.67. The van der Waals surface area contributed by atoms with E-state index in [-0.39, 0.29) is 5.38 Å². The molecule has 0 saturated carbocycles. The highest BCUT2D eigenvalue weighted by Gasteiger charge is 1.96. The summed E-state index contributed by atoms with van der Waals surface area (Å²) in [6.07, 6.45) is 6.05. The molecule has 0 aromatic carbocycles. The third-order valence-electron chi connectivity index (χ3n) is 1.15. The zero-order valence-electron chi connectivity index (χ0n) is 8.19. The van der Waals surface area contributed by atoms with Crippen LogP contribution in [0.25, 0.3) is 0 Å². The summed E-state index contributed by atoms with van der Waals surface area (Å²) in [6, 6.07) is 0. The van der Waals surface area contributed by atoms with Crippen molar-refractivity contribution in [3.8, 4) is 0 Å². The van der Waals surface area contributed by atoms with Crippen molar-refractivity contribution in [2.45, 2.75) is 40.0 Å². The van der Waals surface area contributed by atoms with Gasteiger partial charge in [0.15, 0.2) is 0 Å². The molecule has 0 rings (SSSR count). The summed E-state index contributed by atoms with van der Waals surface area (Å²) in [4.78, 5) is 0. The Morgan fingerprint density at radius 2 is 1.73 bits per heavy atom. The Kier molecular flexibility index (Phi) is 11.9. The Labute approximate surface area is 76.0 Å². The van der Waals surface area contributed by atoms with Crippen molar-refractivity contribution in [3.05, 3.63) is 23.8 Å². The molecule has 0 aromatic rings. The van der Waals surface area contributed by atoms with Gasteiger partial charge >= 0.3 is 0 Å². The van der Waals surface area contributed by atoms with Crippen LogP contribution in [0.3, 0.4) is 0 Å². The number of hydrogen-bond donors (Lipinski definition) is 0. The predicted octanol–water partition coefficient (Wildman–Crippen LogP) is 4.16. The van der Waals surface area contributed by atoms with Gasteiger partial charge in [-0.15, -0.1) is 11.6 Å². The van der Waals surface area contributed by atoms with Gasteiger partial charge in [-0.2, -0.15) is 0 Å². The van der Waals surface area contributed by atoms with Gasteiger partial charge in [-0.05, 0) is 26.3 Å². The molecule has 66 valence electrons. The molecule has 0 aromatic heterocycles. The highest BCUT2D eigenvalue weighted by atomic mass is 35.5. The normalized spacial score (nSPS) is 14.2. The Morgan fingerprint density at radius 3 is 1.82 bits per heavy atom. The first kappa shape index (κ1) is 13.4. The van der Waals surface area contributed by atoms with Crippen LogP contribution in [0, 0.1) is 0 Å². The standard InChI is InChI=1S/C8H13Cl.C2H6/c1-4-6-8(5-2)7(3)9;1-2/h4-7H,1-3H3;1-2H3/b6-4-,8-5+;. The molecule has 1 atom stereocenters. The van der Waals surface area contributed by atoms with Gasteiger partial charge in [0, 0.05) is 0 Å². The van der Waals surface area contributed by atoms with Gasteiger partial charge in [-0.1, -0.05) is 32.1 Å². The topological polar surface area (TPSA) is 0 Å². The first-order chi connectivity index (χ1) is 5.22. The van der Waals surface area contributed by atoms with E-state index in [9.17, 15) is 0 Å². The largest absolute Gasteiger partial charge is 0.118 e. The van der Waals surface area contributed by atoms with Gasteiger partial charge in [0.25, 0.3) is 0 Å². The van der Waals surface area contributed by atoms with Crippen LogP contribution in [-0.4, -0.2) is 5.38 Å². The highest BCUT2D eigenvalue weighted by molar-refractivity contribution is 6.22. The molecule has 0 radical (unpaired) electrons.